The number of hydrogen-bond acceptors (Lipinski definition) is 4. The molecule has 3 N–H and O–H groups in total. The number of carbonyl (C=O) groups excluding carboxylic acids is 2. The molecule has 0 aliphatic carbocycles. The van der Waals surface area contributed by atoms with Crippen LogP contribution in [0.3, 0.4) is 0 Å². The zero-order chi connectivity index (χ0) is 23.1. The third-order valence-electron chi connectivity index (χ3n) is 6.52. The first-order valence-corrected chi connectivity index (χ1v) is 11.6. The summed E-state index contributed by atoms with van der Waals surface area (Å²) in [6.07, 6.45) is 5.76. The molecule has 1 aromatic rings. The molecule has 0 saturated carbocycles. The van der Waals surface area contributed by atoms with Crippen LogP contribution in [0.25, 0.3) is 0 Å². The lowest BCUT2D eigenvalue weighted by atomic mass is 9.75. The molecule has 174 valence electrons. The molecule has 0 unspecified atom stereocenters. The number of carbonyl (C=O) groups is 3. The van der Waals surface area contributed by atoms with Crippen molar-refractivity contribution >= 4 is 17.8 Å². The smallest absolute Gasteiger partial charge is 0.303 e. The summed E-state index contributed by atoms with van der Waals surface area (Å²) in [6, 6.07) is 7.80. The first-order chi connectivity index (χ1) is 15.4. The highest BCUT2D eigenvalue weighted by Crippen LogP contribution is 2.45. The second-order valence-electron chi connectivity index (χ2n) is 8.78. The van der Waals surface area contributed by atoms with Crippen LogP contribution in [0.15, 0.2) is 36.5 Å². The summed E-state index contributed by atoms with van der Waals surface area (Å²) in [4.78, 5) is 36.4. The van der Waals surface area contributed by atoms with Gasteiger partial charge in [0.2, 0.25) is 5.91 Å². The highest BCUT2D eigenvalue weighted by molar-refractivity contribution is 5.97. The van der Waals surface area contributed by atoms with Crippen molar-refractivity contribution in [2.75, 3.05) is 6.54 Å². The maximum atomic E-state index is 13.1. The summed E-state index contributed by atoms with van der Waals surface area (Å²) in [7, 11) is 0. The molecule has 3 rings (SSSR count). The average molecular weight is 443 g/mol. The highest BCUT2D eigenvalue weighted by Gasteiger charge is 2.52. The molecule has 2 heterocycles. The summed E-state index contributed by atoms with van der Waals surface area (Å²) in [5.41, 5.74) is 2.11. The summed E-state index contributed by atoms with van der Waals surface area (Å²) in [5.74, 6) is -1.77. The van der Waals surface area contributed by atoms with Crippen molar-refractivity contribution in [1.82, 2.24) is 10.6 Å². The number of hydrogen-bond donors (Lipinski definition) is 3. The molecule has 2 aliphatic rings. The maximum Gasteiger partial charge on any atom is 0.303 e. The predicted octanol–water partition coefficient (Wildman–Crippen LogP) is 2.98. The zero-order valence-electron chi connectivity index (χ0n) is 18.8. The van der Waals surface area contributed by atoms with E-state index in [1.54, 1.807) is 0 Å². The van der Waals surface area contributed by atoms with Gasteiger partial charge in [0, 0.05) is 18.9 Å². The number of carboxylic acids is 1. The van der Waals surface area contributed by atoms with E-state index in [1.165, 1.54) is 0 Å². The Kier molecular flexibility index (Phi) is 8.45. The Labute approximate surface area is 189 Å². The summed E-state index contributed by atoms with van der Waals surface area (Å²) >= 11 is 0. The number of rotatable bonds is 12. The molecular weight excluding hydrogens is 408 g/mol. The van der Waals surface area contributed by atoms with Crippen LogP contribution in [0.1, 0.15) is 56.6 Å². The number of unbranched alkanes of at least 4 members (excludes halogenated alkanes) is 2. The van der Waals surface area contributed by atoms with Crippen LogP contribution >= 0.6 is 0 Å². The summed E-state index contributed by atoms with van der Waals surface area (Å²) < 4.78 is 6.08. The fourth-order valence-electron chi connectivity index (χ4n) is 4.87. The molecule has 2 bridgehead atoms. The molecular formula is C25H34N2O5. The van der Waals surface area contributed by atoms with Gasteiger partial charge >= 0.3 is 5.97 Å². The van der Waals surface area contributed by atoms with E-state index in [4.69, 9.17) is 9.84 Å². The average Bonchev–Trinajstić information content (AvgIpc) is 3.37. The molecule has 2 saturated heterocycles. The fraction of sp³-hybridized carbons (Fsp3) is 0.560. The third-order valence-corrected chi connectivity index (χ3v) is 6.52. The number of fused-ring (bicyclic) bond motifs is 2. The Hall–Kier alpha value is -2.67. The van der Waals surface area contributed by atoms with Crippen molar-refractivity contribution in [3.8, 4) is 0 Å². The number of benzene rings is 1. The van der Waals surface area contributed by atoms with Gasteiger partial charge in [-0.05, 0) is 43.2 Å². The van der Waals surface area contributed by atoms with E-state index in [-0.39, 0.29) is 48.0 Å². The third kappa shape index (κ3) is 5.97. The van der Waals surface area contributed by atoms with Gasteiger partial charge in [0.15, 0.2) is 0 Å². The molecule has 4 atom stereocenters. The summed E-state index contributed by atoms with van der Waals surface area (Å²) in [6.45, 7) is 6.41. The minimum absolute atomic E-state index is 0.000541. The van der Waals surface area contributed by atoms with Crippen molar-refractivity contribution in [3.63, 3.8) is 0 Å². The molecule has 2 amide bonds. The van der Waals surface area contributed by atoms with Crippen LogP contribution in [0.2, 0.25) is 0 Å². The van der Waals surface area contributed by atoms with Crippen molar-refractivity contribution < 1.29 is 24.2 Å². The van der Waals surface area contributed by atoms with Gasteiger partial charge in [0.1, 0.15) is 0 Å². The normalized spacial score (nSPS) is 23.7. The van der Waals surface area contributed by atoms with Gasteiger partial charge in [-0.25, -0.2) is 0 Å². The Bertz CT molecular complexity index is 852. The molecule has 1 aromatic carbocycles. The zero-order valence-corrected chi connectivity index (χ0v) is 18.8. The molecule has 2 aliphatic heterocycles. The fourth-order valence-corrected chi connectivity index (χ4v) is 4.87. The second-order valence-corrected chi connectivity index (χ2v) is 8.78. The molecule has 32 heavy (non-hydrogen) atoms. The Morgan fingerprint density at radius 2 is 1.84 bits per heavy atom. The van der Waals surface area contributed by atoms with Gasteiger partial charge in [-0.15, -0.1) is 0 Å². The molecule has 0 radical (unpaired) electrons. The minimum atomic E-state index is -0.827. The van der Waals surface area contributed by atoms with Crippen LogP contribution < -0.4 is 10.6 Å². The first-order valence-electron chi connectivity index (χ1n) is 11.6. The van der Waals surface area contributed by atoms with E-state index >= 15 is 0 Å². The van der Waals surface area contributed by atoms with Crippen molar-refractivity contribution in [2.45, 2.75) is 70.5 Å². The van der Waals surface area contributed by atoms with Crippen molar-refractivity contribution in [3.05, 3.63) is 47.7 Å². The lowest BCUT2D eigenvalue weighted by Crippen LogP contribution is -2.44. The van der Waals surface area contributed by atoms with E-state index < -0.39 is 5.97 Å². The minimum Gasteiger partial charge on any atom is -0.481 e. The Morgan fingerprint density at radius 1 is 1.12 bits per heavy atom. The Balaban J connectivity index is 1.64. The molecule has 7 nitrogen and oxygen atoms in total. The van der Waals surface area contributed by atoms with Gasteiger partial charge in [-0.3, -0.25) is 14.4 Å². The van der Waals surface area contributed by atoms with E-state index in [9.17, 15) is 14.4 Å². The molecule has 0 spiro atoms. The van der Waals surface area contributed by atoms with Crippen molar-refractivity contribution in [2.24, 2.45) is 11.8 Å². The number of ether oxygens (including phenoxy) is 1. The standard InChI is InChI=1S/C25H34N2O5/c1-3-4-7-14-26-24(30)16(2)27-25(31)23-19(20-11-12-21(23)32-20)15-18-9-6-5-8-17(18)10-13-22(28)29/h5-6,8-9,19-21,23H,2-4,7,10-15H2,1H3,(H,26,30)(H,27,31)(H,28,29)/t19-,20-,21+,23-/m0/s1. The predicted molar refractivity (Wildman–Crippen MR) is 121 cm³/mol. The van der Waals surface area contributed by atoms with Gasteiger partial charge < -0.3 is 20.5 Å². The van der Waals surface area contributed by atoms with E-state index in [0.29, 0.717) is 19.4 Å². The van der Waals surface area contributed by atoms with Crippen LogP contribution in [-0.4, -0.2) is 41.6 Å². The highest BCUT2D eigenvalue weighted by atomic mass is 16.5. The Morgan fingerprint density at radius 3 is 2.56 bits per heavy atom. The van der Waals surface area contributed by atoms with E-state index in [0.717, 1.165) is 43.2 Å². The van der Waals surface area contributed by atoms with Crippen LogP contribution in [0, 0.1) is 11.8 Å². The number of amides is 2. The number of aliphatic carboxylic acids is 1. The van der Waals surface area contributed by atoms with E-state index in [2.05, 4.69) is 24.1 Å². The number of carboxylic acid groups (broad SMARTS) is 1. The summed E-state index contributed by atoms with van der Waals surface area (Å²) in [5, 5.41) is 14.6. The lowest BCUT2D eigenvalue weighted by molar-refractivity contribution is -0.137. The molecule has 2 fully saturated rings. The van der Waals surface area contributed by atoms with Crippen molar-refractivity contribution in [1.29, 1.82) is 0 Å². The second kappa shape index (κ2) is 11.3. The van der Waals surface area contributed by atoms with Crippen LogP contribution in [0.5, 0.6) is 0 Å². The largest absolute Gasteiger partial charge is 0.481 e. The van der Waals surface area contributed by atoms with Gasteiger partial charge in [0.25, 0.3) is 5.91 Å². The number of aryl methyl sites for hydroxylation is 1. The maximum absolute atomic E-state index is 13.1. The van der Waals surface area contributed by atoms with Crippen LogP contribution in [0.4, 0.5) is 0 Å². The monoisotopic (exact) mass is 442 g/mol. The topological polar surface area (TPSA) is 105 Å². The quantitative estimate of drug-likeness (QED) is 0.341. The SMILES string of the molecule is C=C(NC(=O)[C@H]1[C@@H](Cc2ccccc2CCC(=O)O)[C@@H]2CC[C@H]1O2)C(=O)NCCCCC. The molecule has 7 heteroatoms. The lowest BCUT2D eigenvalue weighted by Gasteiger charge is -2.28. The van der Waals surface area contributed by atoms with Gasteiger partial charge in [0.05, 0.1) is 23.8 Å². The first kappa shape index (κ1) is 24.0. The number of nitrogens with one attached hydrogen (secondary N) is 2. The van der Waals surface area contributed by atoms with E-state index in [1.807, 2.05) is 24.3 Å². The van der Waals surface area contributed by atoms with Gasteiger partial charge in [-0.1, -0.05) is 50.6 Å². The van der Waals surface area contributed by atoms with Gasteiger partial charge in [-0.2, -0.15) is 0 Å². The molecule has 0 aromatic heterocycles. The van der Waals surface area contributed by atoms with Crippen LogP contribution in [-0.2, 0) is 32.0 Å².